The highest BCUT2D eigenvalue weighted by Crippen LogP contribution is 2.50. The van der Waals surface area contributed by atoms with Crippen molar-refractivity contribution >= 4 is 23.1 Å². The number of anilines is 2. The van der Waals surface area contributed by atoms with Crippen molar-refractivity contribution in [2.75, 3.05) is 38.1 Å². The summed E-state index contributed by atoms with van der Waals surface area (Å²) in [7, 11) is 4.63. The third-order valence-corrected chi connectivity index (χ3v) is 7.72. The second-order valence-corrected chi connectivity index (χ2v) is 11.4. The van der Waals surface area contributed by atoms with E-state index in [1.807, 2.05) is 41.3 Å². The van der Waals surface area contributed by atoms with Gasteiger partial charge in [0.25, 0.3) is 0 Å². The molecule has 220 valence electrons. The molecule has 1 unspecified atom stereocenters. The number of hydrogen-bond acceptors (Lipinski definition) is 7. The Morgan fingerprint density at radius 1 is 1.00 bits per heavy atom. The minimum Gasteiger partial charge on any atom is -0.493 e. The number of halogens is 1. The largest absolute Gasteiger partial charge is 0.493 e. The van der Waals surface area contributed by atoms with Gasteiger partial charge in [-0.05, 0) is 59.4 Å². The summed E-state index contributed by atoms with van der Waals surface area (Å²) >= 11 is 0. The van der Waals surface area contributed by atoms with Crippen molar-refractivity contribution in [2.45, 2.75) is 39.3 Å². The highest BCUT2D eigenvalue weighted by atomic mass is 19.1. The first-order valence-electron chi connectivity index (χ1n) is 13.8. The smallest absolute Gasteiger partial charge is 0.239 e. The van der Waals surface area contributed by atoms with Crippen LogP contribution in [0.25, 0.3) is 0 Å². The van der Waals surface area contributed by atoms with Crippen molar-refractivity contribution in [3.05, 3.63) is 88.9 Å². The van der Waals surface area contributed by atoms with Crippen LogP contribution in [-0.4, -0.2) is 39.6 Å². The van der Waals surface area contributed by atoms with E-state index in [-0.39, 0.29) is 36.0 Å². The third-order valence-electron chi connectivity index (χ3n) is 7.72. The predicted octanol–water partition coefficient (Wildman–Crippen LogP) is 5.78. The number of hydrogen-bond donors (Lipinski definition) is 2. The number of carbonyl (C=O) groups excluding carboxylic acids is 2. The van der Waals surface area contributed by atoms with E-state index >= 15 is 0 Å². The number of Topliss-reactive ketones (excluding diaryl/α,β-unsaturated/α-hetero) is 1. The van der Waals surface area contributed by atoms with Crippen LogP contribution >= 0.6 is 0 Å². The van der Waals surface area contributed by atoms with Crippen LogP contribution in [0.5, 0.6) is 17.2 Å². The number of methoxy groups -OCH3 is 3. The molecule has 1 amide bonds. The Bertz CT molecular complexity index is 1510. The van der Waals surface area contributed by atoms with E-state index in [0.717, 1.165) is 28.2 Å². The van der Waals surface area contributed by atoms with Gasteiger partial charge in [-0.25, -0.2) is 4.39 Å². The Balaban J connectivity index is 1.64. The summed E-state index contributed by atoms with van der Waals surface area (Å²) in [6, 6.07) is 16.8. The van der Waals surface area contributed by atoms with Gasteiger partial charge in [-0.1, -0.05) is 38.1 Å². The number of ether oxygens (including phenoxy) is 3. The molecular formula is C33H36FN3O5. The van der Waals surface area contributed by atoms with E-state index in [9.17, 15) is 14.0 Å². The Kier molecular flexibility index (Phi) is 8.11. The summed E-state index contributed by atoms with van der Waals surface area (Å²) in [5.74, 6) is 0.755. The van der Waals surface area contributed by atoms with E-state index in [1.165, 1.54) is 19.2 Å². The molecule has 8 nitrogen and oxygen atoms in total. The molecule has 3 aromatic carbocycles. The average Bonchev–Trinajstić information content (AvgIpc) is 3.09. The Hall–Kier alpha value is -4.53. The van der Waals surface area contributed by atoms with Gasteiger partial charge in [0.2, 0.25) is 11.7 Å². The van der Waals surface area contributed by atoms with Gasteiger partial charge in [0, 0.05) is 24.2 Å². The van der Waals surface area contributed by atoms with Crippen molar-refractivity contribution in [1.82, 2.24) is 5.32 Å². The molecule has 1 aliphatic heterocycles. The number of fused-ring (bicyclic) bond motifs is 1. The van der Waals surface area contributed by atoms with Gasteiger partial charge in [-0.15, -0.1) is 0 Å². The molecule has 1 heterocycles. The van der Waals surface area contributed by atoms with Crippen molar-refractivity contribution in [3.8, 4) is 17.2 Å². The Morgan fingerprint density at radius 2 is 1.67 bits per heavy atom. The summed E-state index contributed by atoms with van der Waals surface area (Å²) in [4.78, 5) is 29.5. The molecule has 0 saturated heterocycles. The molecule has 0 saturated carbocycles. The monoisotopic (exact) mass is 573 g/mol. The number of rotatable bonds is 8. The first-order valence-corrected chi connectivity index (χ1v) is 13.8. The molecule has 3 aromatic rings. The SMILES string of the molecule is COc1cc(C2C3=C(CC(C)(C)CC3=O)Nc3ccccc3N2CC(=O)NCc2ccc(F)cc2)cc(OC)c1OC. The van der Waals surface area contributed by atoms with Crippen LogP contribution in [-0.2, 0) is 16.1 Å². The fourth-order valence-corrected chi connectivity index (χ4v) is 5.85. The molecule has 2 N–H and O–H groups in total. The number of carbonyl (C=O) groups is 2. The highest BCUT2D eigenvalue weighted by molar-refractivity contribution is 6.02. The summed E-state index contributed by atoms with van der Waals surface area (Å²) < 4.78 is 30.3. The molecular weight excluding hydrogens is 537 g/mol. The van der Waals surface area contributed by atoms with Gasteiger partial charge in [0.15, 0.2) is 17.3 Å². The zero-order valence-corrected chi connectivity index (χ0v) is 24.5. The fraction of sp³-hybridized carbons (Fsp3) is 0.333. The molecule has 2 aliphatic rings. The Labute approximate surface area is 245 Å². The van der Waals surface area contributed by atoms with E-state index in [2.05, 4.69) is 24.5 Å². The van der Waals surface area contributed by atoms with Gasteiger partial charge < -0.3 is 29.7 Å². The first kappa shape index (κ1) is 29.0. The number of benzene rings is 3. The summed E-state index contributed by atoms with van der Waals surface area (Å²) in [5, 5.41) is 6.51. The minimum absolute atomic E-state index is 0.0111. The number of nitrogens with one attached hydrogen (secondary N) is 2. The maximum atomic E-state index is 14.0. The molecule has 0 fully saturated rings. The van der Waals surface area contributed by atoms with Gasteiger partial charge in [0.05, 0.1) is 45.3 Å². The second kappa shape index (κ2) is 11.8. The number of para-hydroxylation sites is 2. The maximum absolute atomic E-state index is 14.0. The number of amides is 1. The van der Waals surface area contributed by atoms with Crippen LogP contribution in [0.15, 0.2) is 71.9 Å². The van der Waals surface area contributed by atoms with Gasteiger partial charge in [0.1, 0.15) is 5.82 Å². The molecule has 42 heavy (non-hydrogen) atoms. The third kappa shape index (κ3) is 5.77. The predicted molar refractivity (Wildman–Crippen MR) is 160 cm³/mol. The maximum Gasteiger partial charge on any atom is 0.239 e. The fourth-order valence-electron chi connectivity index (χ4n) is 5.85. The first-order chi connectivity index (χ1) is 20.1. The van der Waals surface area contributed by atoms with E-state index in [0.29, 0.717) is 35.7 Å². The molecule has 1 aliphatic carbocycles. The lowest BCUT2D eigenvalue weighted by Gasteiger charge is -2.38. The van der Waals surface area contributed by atoms with Crippen molar-refractivity contribution in [2.24, 2.45) is 5.41 Å². The Morgan fingerprint density at radius 3 is 2.31 bits per heavy atom. The molecule has 9 heteroatoms. The van der Waals surface area contributed by atoms with Gasteiger partial charge in [-0.2, -0.15) is 0 Å². The van der Waals surface area contributed by atoms with E-state index in [1.54, 1.807) is 26.4 Å². The van der Waals surface area contributed by atoms with Crippen molar-refractivity contribution in [3.63, 3.8) is 0 Å². The van der Waals surface area contributed by atoms with Crippen LogP contribution in [0.1, 0.15) is 43.9 Å². The van der Waals surface area contributed by atoms with Gasteiger partial charge in [-0.3, -0.25) is 9.59 Å². The lowest BCUT2D eigenvalue weighted by Crippen LogP contribution is -2.42. The molecule has 0 spiro atoms. The van der Waals surface area contributed by atoms with Gasteiger partial charge >= 0.3 is 0 Å². The molecule has 0 aromatic heterocycles. The molecule has 0 bridgehead atoms. The topological polar surface area (TPSA) is 89.1 Å². The van der Waals surface area contributed by atoms with E-state index in [4.69, 9.17) is 14.2 Å². The number of nitrogens with zero attached hydrogens (tertiary/aromatic N) is 1. The van der Waals surface area contributed by atoms with Crippen LogP contribution in [0.3, 0.4) is 0 Å². The standard InChI is InChI=1S/C33H36FN3O5/c1-33(2)16-24-30(26(38)17-33)31(21-14-27(40-3)32(42-5)28(15-21)41-4)37(25-9-7-6-8-23(25)36-24)19-29(39)35-18-20-10-12-22(34)13-11-20/h6-15,31,36H,16-19H2,1-5H3,(H,35,39). The zero-order chi connectivity index (χ0) is 30.0. The van der Waals surface area contributed by atoms with Crippen molar-refractivity contribution in [1.29, 1.82) is 0 Å². The molecule has 1 atom stereocenters. The lowest BCUT2D eigenvalue weighted by atomic mass is 9.73. The van der Waals surface area contributed by atoms with Crippen LogP contribution in [0, 0.1) is 11.2 Å². The van der Waals surface area contributed by atoms with Crippen LogP contribution < -0.4 is 29.7 Å². The summed E-state index contributed by atoms with van der Waals surface area (Å²) in [5.41, 5.74) is 4.26. The lowest BCUT2D eigenvalue weighted by molar-refractivity contribution is -0.120. The number of allylic oxidation sites excluding steroid dienone is 1. The molecule has 0 radical (unpaired) electrons. The quantitative estimate of drug-likeness (QED) is 0.353. The summed E-state index contributed by atoms with van der Waals surface area (Å²) in [6.07, 6.45) is 1.03. The minimum atomic E-state index is -0.634. The normalized spacial score (nSPS) is 17.4. The van der Waals surface area contributed by atoms with Crippen LogP contribution in [0.4, 0.5) is 15.8 Å². The second-order valence-electron chi connectivity index (χ2n) is 11.4. The molecule has 5 rings (SSSR count). The highest BCUT2D eigenvalue weighted by Gasteiger charge is 2.42. The number of ketones is 1. The van der Waals surface area contributed by atoms with E-state index < -0.39 is 6.04 Å². The van der Waals surface area contributed by atoms with Crippen LogP contribution in [0.2, 0.25) is 0 Å². The summed E-state index contributed by atoms with van der Waals surface area (Å²) in [6.45, 7) is 4.36. The van der Waals surface area contributed by atoms with Crippen molar-refractivity contribution < 1.29 is 28.2 Å². The zero-order valence-electron chi connectivity index (χ0n) is 24.5. The average molecular weight is 574 g/mol.